The Morgan fingerprint density at radius 2 is 1.91 bits per heavy atom. The first-order valence-corrected chi connectivity index (χ1v) is 10.2. The van der Waals surface area contributed by atoms with Gasteiger partial charge in [-0.3, -0.25) is 4.79 Å². The standard InChI is InChI=1S/C23H23F4N3O2/c24-21-6-5-19(23(25,26)27)14-18(21)16-30-11-10-29(9-7-22(30)31)8-2-12-32-20-4-1-3-17(13-20)15-28/h1,3-6,13-14H,2,7-12,16H2. The van der Waals surface area contributed by atoms with E-state index in [1.165, 1.54) is 4.90 Å². The van der Waals surface area contributed by atoms with E-state index in [4.69, 9.17) is 10.00 Å². The summed E-state index contributed by atoms with van der Waals surface area (Å²) in [4.78, 5) is 15.9. The molecule has 2 aromatic carbocycles. The summed E-state index contributed by atoms with van der Waals surface area (Å²) in [6, 6.07) is 11.2. The molecule has 0 spiro atoms. The van der Waals surface area contributed by atoms with Gasteiger partial charge in [0, 0.05) is 44.7 Å². The van der Waals surface area contributed by atoms with Crippen molar-refractivity contribution >= 4 is 5.91 Å². The lowest BCUT2D eigenvalue weighted by atomic mass is 10.1. The summed E-state index contributed by atoms with van der Waals surface area (Å²) in [6.45, 7) is 2.29. The molecule has 3 rings (SSSR count). The van der Waals surface area contributed by atoms with Crippen molar-refractivity contribution in [2.45, 2.75) is 25.6 Å². The van der Waals surface area contributed by atoms with Gasteiger partial charge in [0.05, 0.1) is 23.8 Å². The second-order valence-corrected chi connectivity index (χ2v) is 7.55. The van der Waals surface area contributed by atoms with Crippen molar-refractivity contribution in [2.75, 3.05) is 32.8 Å². The first-order chi connectivity index (χ1) is 15.3. The number of hydrogen-bond donors (Lipinski definition) is 0. The molecule has 1 aliphatic rings. The maximum Gasteiger partial charge on any atom is 0.416 e. The third-order valence-electron chi connectivity index (χ3n) is 5.27. The van der Waals surface area contributed by atoms with Crippen LogP contribution in [0.3, 0.4) is 0 Å². The number of rotatable bonds is 7. The van der Waals surface area contributed by atoms with Gasteiger partial charge in [0.2, 0.25) is 5.91 Å². The topological polar surface area (TPSA) is 56.6 Å². The first kappa shape index (κ1) is 23.5. The molecule has 170 valence electrons. The van der Waals surface area contributed by atoms with E-state index in [1.54, 1.807) is 24.3 Å². The summed E-state index contributed by atoms with van der Waals surface area (Å²) in [5.74, 6) is -0.359. The number of nitrogens with zero attached hydrogens (tertiary/aromatic N) is 3. The number of alkyl halides is 3. The molecule has 0 saturated carbocycles. The van der Waals surface area contributed by atoms with Crippen LogP contribution in [0.15, 0.2) is 42.5 Å². The Morgan fingerprint density at radius 3 is 2.66 bits per heavy atom. The molecule has 9 heteroatoms. The molecule has 0 atom stereocenters. The molecule has 1 aliphatic heterocycles. The molecule has 0 bridgehead atoms. The largest absolute Gasteiger partial charge is 0.494 e. The third-order valence-corrected chi connectivity index (χ3v) is 5.27. The molecule has 0 aliphatic carbocycles. The lowest BCUT2D eigenvalue weighted by Crippen LogP contribution is -2.33. The molecule has 1 heterocycles. The van der Waals surface area contributed by atoms with Gasteiger partial charge in [-0.25, -0.2) is 4.39 Å². The highest BCUT2D eigenvalue weighted by Gasteiger charge is 2.31. The van der Waals surface area contributed by atoms with Gasteiger partial charge in [0.1, 0.15) is 11.6 Å². The number of nitriles is 1. The average Bonchev–Trinajstić information content (AvgIpc) is 2.93. The molecular formula is C23H23F4N3O2. The van der Waals surface area contributed by atoms with Crippen molar-refractivity contribution < 1.29 is 27.1 Å². The van der Waals surface area contributed by atoms with Gasteiger partial charge in [-0.2, -0.15) is 18.4 Å². The van der Waals surface area contributed by atoms with Crippen LogP contribution in [0.5, 0.6) is 5.75 Å². The zero-order chi connectivity index (χ0) is 23.1. The highest BCUT2D eigenvalue weighted by atomic mass is 19.4. The molecule has 32 heavy (non-hydrogen) atoms. The van der Waals surface area contributed by atoms with Gasteiger partial charge in [-0.1, -0.05) is 6.07 Å². The summed E-state index contributed by atoms with van der Waals surface area (Å²) in [5, 5.41) is 8.92. The van der Waals surface area contributed by atoms with E-state index in [9.17, 15) is 22.4 Å². The Balaban J connectivity index is 1.50. The maximum absolute atomic E-state index is 14.1. The summed E-state index contributed by atoms with van der Waals surface area (Å²) in [6.07, 6.45) is -3.65. The van der Waals surface area contributed by atoms with Gasteiger partial charge in [0.15, 0.2) is 0 Å². The quantitative estimate of drug-likeness (QED) is 0.469. The number of carbonyl (C=O) groups excluding carboxylic acids is 1. The molecular weight excluding hydrogens is 426 g/mol. The van der Waals surface area contributed by atoms with Crippen LogP contribution in [0.25, 0.3) is 0 Å². The van der Waals surface area contributed by atoms with Gasteiger partial charge >= 0.3 is 6.18 Å². The number of ether oxygens (including phenoxy) is 1. The summed E-state index contributed by atoms with van der Waals surface area (Å²) in [5.41, 5.74) is -0.557. The minimum absolute atomic E-state index is 0.144. The lowest BCUT2D eigenvalue weighted by Gasteiger charge is -2.23. The number of halogens is 4. The zero-order valence-electron chi connectivity index (χ0n) is 17.4. The Hall–Kier alpha value is -3.12. The molecule has 0 radical (unpaired) electrons. The Kier molecular flexibility index (Phi) is 7.70. The van der Waals surface area contributed by atoms with Crippen LogP contribution in [0.2, 0.25) is 0 Å². The van der Waals surface area contributed by atoms with E-state index in [2.05, 4.69) is 11.0 Å². The fraction of sp³-hybridized carbons (Fsp3) is 0.391. The van der Waals surface area contributed by atoms with Crippen molar-refractivity contribution in [3.8, 4) is 11.8 Å². The van der Waals surface area contributed by atoms with Crippen molar-refractivity contribution in [3.05, 3.63) is 65.0 Å². The van der Waals surface area contributed by atoms with Crippen LogP contribution in [-0.4, -0.2) is 48.5 Å². The fourth-order valence-corrected chi connectivity index (χ4v) is 3.51. The van der Waals surface area contributed by atoms with Crippen molar-refractivity contribution in [1.29, 1.82) is 5.26 Å². The summed E-state index contributed by atoms with van der Waals surface area (Å²) in [7, 11) is 0. The normalized spacial score (nSPS) is 15.3. The zero-order valence-corrected chi connectivity index (χ0v) is 17.4. The molecule has 1 saturated heterocycles. The summed E-state index contributed by atoms with van der Waals surface area (Å²) >= 11 is 0. The van der Waals surface area contributed by atoms with Crippen LogP contribution in [0, 0.1) is 17.1 Å². The predicted molar refractivity (Wildman–Crippen MR) is 109 cm³/mol. The van der Waals surface area contributed by atoms with E-state index < -0.39 is 17.6 Å². The fourth-order valence-electron chi connectivity index (χ4n) is 3.51. The van der Waals surface area contributed by atoms with Crippen LogP contribution < -0.4 is 4.74 Å². The minimum Gasteiger partial charge on any atom is -0.494 e. The molecule has 5 nitrogen and oxygen atoms in total. The molecule has 2 aromatic rings. The summed E-state index contributed by atoms with van der Waals surface area (Å²) < 4.78 is 58.5. The minimum atomic E-state index is -4.57. The Labute approximate surface area is 183 Å². The van der Waals surface area contributed by atoms with E-state index in [1.807, 2.05) is 0 Å². The first-order valence-electron chi connectivity index (χ1n) is 10.2. The Morgan fingerprint density at radius 1 is 1.09 bits per heavy atom. The molecule has 1 fully saturated rings. The van der Waals surface area contributed by atoms with Crippen LogP contribution in [0.1, 0.15) is 29.5 Å². The van der Waals surface area contributed by atoms with Crippen molar-refractivity contribution in [2.24, 2.45) is 0 Å². The van der Waals surface area contributed by atoms with Crippen LogP contribution >= 0.6 is 0 Å². The molecule has 0 N–H and O–H groups in total. The third kappa shape index (κ3) is 6.44. The van der Waals surface area contributed by atoms with Gasteiger partial charge in [-0.15, -0.1) is 0 Å². The second-order valence-electron chi connectivity index (χ2n) is 7.55. The van der Waals surface area contributed by atoms with Crippen molar-refractivity contribution in [1.82, 2.24) is 9.80 Å². The highest BCUT2D eigenvalue weighted by Crippen LogP contribution is 2.30. The highest BCUT2D eigenvalue weighted by molar-refractivity contribution is 5.76. The molecule has 0 aromatic heterocycles. The van der Waals surface area contributed by atoms with E-state index >= 15 is 0 Å². The lowest BCUT2D eigenvalue weighted by molar-refractivity contribution is -0.137. The van der Waals surface area contributed by atoms with E-state index in [0.717, 1.165) is 12.1 Å². The van der Waals surface area contributed by atoms with Gasteiger partial charge in [0.25, 0.3) is 0 Å². The van der Waals surface area contributed by atoms with Crippen LogP contribution in [-0.2, 0) is 17.5 Å². The number of carbonyl (C=O) groups is 1. The molecule has 0 unspecified atom stereocenters. The number of benzene rings is 2. The van der Waals surface area contributed by atoms with E-state index in [-0.39, 0.29) is 24.4 Å². The number of amides is 1. The van der Waals surface area contributed by atoms with E-state index in [0.29, 0.717) is 56.6 Å². The second kappa shape index (κ2) is 10.5. The van der Waals surface area contributed by atoms with Gasteiger partial charge < -0.3 is 14.5 Å². The number of hydrogen-bond acceptors (Lipinski definition) is 4. The SMILES string of the molecule is N#Cc1cccc(OCCCN2CCC(=O)N(Cc3cc(C(F)(F)F)ccc3F)CC2)c1. The van der Waals surface area contributed by atoms with Crippen molar-refractivity contribution in [3.63, 3.8) is 0 Å². The van der Waals surface area contributed by atoms with Crippen LogP contribution in [0.4, 0.5) is 17.6 Å². The maximum atomic E-state index is 14.1. The predicted octanol–water partition coefficient (Wildman–Crippen LogP) is 4.22. The molecule has 1 amide bonds. The monoisotopic (exact) mass is 449 g/mol. The van der Waals surface area contributed by atoms with Gasteiger partial charge in [-0.05, 0) is 42.8 Å². The smallest absolute Gasteiger partial charge is 0.416 e. The average molecular weight is 449 g/mol. The Bertz CT molecular complexity index is 988.